The van der Waals surface area contributed by atoms with Gasteiger partial charge in [-0.3, -0.25) is 20.2 Å². The molecular formula is C11H13N3O3S. The molecule has 96 valence electrons. The molecule has 1 saturated heterocycles. The van der Waals surface area contributed by atoms with Crippen molar-refractivity contribution in [3.05, 3.63) is 39.9 Å². The van der Waals surface area contributed by atoms with Gasteiger partial charge in [-0.25, -0.2) is 0 Å². The second-order valence-electron chi connectivity index (χ2n) is 3.91. The molecule has 1 aromatic carbocycles. The van der Waals surface area contributed by atoms with E-state index in [0.717, 1.165) is 17.2 Å². The van der Waals surface area contributed by atoms with Crippen molar-refractivity contribution < 1.29 is 9.72 Å². The predicted octanol–water partition coefficient (Wildman–Crippen LogP) is 0.873. The predicted molar refractivity (Wildman–Crippen MR) is 69.2 cm³/mol. The average Bonchev–Trinajstić information content (AvgIpc) is 2.90. The molecule has 18 heavy (non-hydrogen) atoms. The largest absolute Gasteiger partial charge is 0.351 e. The first-order valence-corrected chi connectivity index (χ1v) is 6.64. The first kappa shape index (κ1) is 12.8. The topological polar surface area (TPSA) is 84.3 Å². The second kappa shape index (κ2) is 5.83. The highest BCUT2D eigenvalue weighted by molar-refractivity contribution is 7.99. The summed E-state index contributed by atoms with van der Waals surface area (Å²) >= 11 is 1.69. The number of hydrogen-bond acceptors (Lipinski definition) is 5. The molecule has 0 spiro atoms. The number of carbonyl (C=O) groups excluding carboxylic acids is 1. The SMILES string of the molecule is O=C(NCc1ccc([N+](=O)[O-])cc1)C1CSCN1. The minimum atomic E-state index is -0.442. The quantitative estimate of drug-likeness (QED) is 0.624. The summed E-state index contributed by atoms with van der Waals surface area (Å²) in [4.78, 5) is 21.7. The summed E-state index contributed by atoms with van der Waals surface area (Å²) in [6.07, 6.45) is 0. The number of nitro groups is 1. The lowest BCUT2D eigenvalue weighted by Gasteiger charge is -2.10. The summed E-state index contributed by atoms with van der Waals surface area (Å²) < 4.78 is 0. The van der Waals surface area contributed by atoms with Crippen molar-refractivity contribution in [1.29, 1.82) is 0 Å². The van der Waals surface area contributed by atoms with E-state index in [2.05, 4.69) is 10.6 Å². The van der Waals surface area contributed by atoms with Crippen LogP contribution in [0.2, 0.25) is 0 Å². The number of amides is 1. The Morgan fingerprint density at radius 2 is 2.22 bits per heavy atom. The Balaban J connectivity index is 1.86. The van der Waals surface area contributed by atoms with Gasteiger partial charge in [-0.05, 0) is 5.56 Å². The maximum Gasteiger partial charge on any atom is 0.269 e. The van der Waals surface area contributed by atoms with E-state index in [1.54, 1.807) is 23.9 Å². The van der Waals surface area contributed by atoms with Crippen LogP contribution in [0.25, 0.3) is 0 Å². The van der Waals surface area contributed by atoms with Crippen molar-refractivity contribution in [2.45, 2.75) is 12.6 Å². The number of benzene rings is 1. The van der Waals surface area contributed by atoms with E-state index in [-0.39, 0.29) is 17.6 Å². The molecule has 1 aromatic rings. The first-order valence-electron chi connectivity index (χ1n) is 5.49. The number of hydrogen-bond donors (Lipinski definition) is 2. The van der Waals surface area contributed by atoms with E-state index >= 15 is 0 Å². The maximum atomic E-state index is 11.7. The average molecular weight is 267 g/mol. The highest BCUT2D eigenvalue weighted by Gasteiger charge is 2.21. The number of nitrogens with zero attached hydrogens (tertiary/aromatic N) is 1. The van der Waals surface area contributed by atoms with Crippen LogP contribution in [0.15, 0.2) is 24.3 Å². The maximum absolute atomic E-state index is 11.7. The minimum absolute atomic E-state index is 0.0293. The highest BCUT2D eigenvalue weighted by atomic mass is 32.2. The first-order chi connectivity index (χ1) is 8.66. The summed E-state index contributed by atoms with van der Waals surface area (Å²) in [5, 5.41) is 16.4. The standard InChI is InChI=1S/C11H13N3O3S/c15-11(10-6-18-7-13-10)12-5-8-1-3-9(4-2-8)14(16)17/h1-4,10,13H,5-7H2,(H,12,15). The van der Waals surface area contributed by atoms with Crippen molar-refractivity contribution >= 4 is 23.4 Å². The lowest BCUT2D eigenvalue weighted by molar-refractivity contribution is -0.384. The van der Waals surface area contributed by atoms with Gasteiger partial charge in [-0.2, -0.15) is 0 Å². The summed E-state index contributed by atoms with van der Waals surface area (Å²) in [5.74, 6) is 1.56. The number of rotatable bonds is 4. The fourth-order valence-electron chi connectivity index (χ4n) is 1.61. The molecule has 1 fully saturated rings. The smallest absolute Gasteiger partial charge is 0.269 e. The molecule has 2 N–H and O–H groups in total. The molecule has 1 heterocycles. The number of carbonyl (C=O) groups is 1. The Hall–Kier alpha value is -1.60. The van der Waals surface area contributed by atoms with E-state index in [1.807, 2.05) is 0 Å². The Kier molecular flexibility index (Phi) is 4.16. The van der Waals surface area contributed by atoms with Gasteiger partial charge in [0, 0.05) is 30.3 Å². The molecule has 1 amide bonds. The van der Waals surface area contributed by atoms with Crippen LogP contribution in [0, 0.1) is 10.1 Å². The van der Waals surface area contributed by atoms with Crippen LogP contribution in [0.4, 0.5) is 5.69 Å². The Labute approximate surface area is 108 Å². The van der Waals surface area contributed by atoms with Gasteiger partial charge in [0.2, 0.25) is 5.91 Å². The molecule has 6 nitrogen and oxygen atoms in total. The molecule has 0 saturated carbocycles. The van der Waals surface area contributed by atoms with E-state index in [1.165, 1.54) is 12.1 Å². The van der Waals surface area contributed by atoms with E-state index in [4.69, 9.17) is 0 Å². The fraction of sp³-hybridized carbons (Fsp3) is 0.364. The minimum Gasteiger partial charge on any atom is -0.351 e. The van der Waals surface area contributed by atoms with Crippen LogP contribution in [0.3, 0.4) is 0 Å². The van der Waals surface area contributed by atoms with Crippen LogP contribution in [0.5, 0.6) is 0 Å². The second-order valence-corrected chi connectivity index (χ2v) is 4.94. The van der Waals surface area contributed by atoms with Gasteiger partial charge in [0.05, 0.1) is 11.0 Å². The lowest BCUT2D eigenvalue weighted by Crippen LogP contribution is -2.41. The number of non-ortho nitro benzene ring substituents is 1. The Bertz CT molecular complexity index is 443. The van der Waals surface area contributed by atoms with Gasteiger partial charge in [0.15, 0.2) is 0 Å². The molecule has 1 unspecified atom stereocenters. The highest BCUT2D eigenvalue weighted by Crippen LogP contribution is 2.12. The van der Waals surface area contributed by atoms with Crippen molar-refractivity contribution in [1.82, 2.24) is 10.6 Å². The van der Waals surface area contributed by atoms with Crippen molar-refractivity contribution in [2.24, 2.45) is 0 Å². The molecule has 1 atom stereocenters. The number of nitrogens with one attached hydrogen (secondary N) is 2. The fourth-order valence-corrected chi connectivity index (χ4v) is 2.55. The monoisotopic (exact) mass is 267 g/mol. The zero-order valence-electron chi connectivity index (χ0n) is 9.59. The van der Waals surface area contributed by atoms with Crippen LogP contribution in [-0.4, -0.2) is 28.5 Å². The zero-order chi connectivity index (χ0) is 13.0. The molecule has 0 bridgehead atoms. The van der Waals surface area contributed by atoms with Crippen molar-refractivity contribution in [3.63, 3.8) is 0 Å². The Morgan fingerprint density at radius 1 is 1.50 bits per heavy atom. The third-order valence-electron chi connectivity index (χ3n) is 2.65. The van der Waals surface area contributed by atoms with Gasteiger partial charge in [0.1, 0.15) is 0 Å². The van der Waals surface area contributed by atoms with Crippen LogP contribution >= 0.6 is 11.8 Å². The van der Waals surface area contributed by atoms with Gasteiger partial charge in [-0.15, -0.1) is 11.8 Å². The summed E-state index contributed by atoms with van der Waals surface area (Å²) in [6, 6.07) is 6.04. The molecular weight excluding hydrogens is 254 g/mol. The van der Waals surface area contributed by atoms with E-state index in [0.29, 0.717) is 6.54 Å². The number of thioether (sulfide) groups is 1. The molecule has 2 rings (SSSR count). The molecule has 0 aromatic heterocycles. The van der Waals surface area contributed by atoms with Gasteiger partial charge >= 0.3 is 0 Å². The van der Waals surface area contributed by atoms with Crippen LogP contribution < -0.4 is 10.6 Å². The van der Waals surface area contributed by atoms with Crippen LogP contribution in [0.1, 0.15) is 5.56 Å². The van der Waals surface area contributed by atoms with E-state index in [9.17, 15) is 14.9 Å². The molecule has 7 heteroatoms. The Morgan fingerprint density at radius 3 is 2.78 bits per heavy atom. The molecule has 1 aliphatic rings. The molecule has 0 radical (unpaired) electrons. The summed E-state index contributed by atoms with van der Waals surface area (Å²) in [5.41, 5.74) is 0.901. The summed E-state index contributed by atoms with van der Waals surface area (Å²) in [7, 11) is 0. The van der Waals surface area contributed by atoms with Crippen molar-refractivity contribution in [3.8, 4) is 0 Å². The third-order valence-corrected chi connectivity index (χ3v) is 3.59. The zero-order valence-corrected chi connectivity index (χ0v) is 10.4. The van der Waals surface area contributed by atoms with Gasteiger partial charge in [-0.1, -0.05) is 12.1 Å². The van der Waals surface area contributed by atoms with Crippen LogP contribution in [-0.2, 0) is 11.3 Å². The van der Waals surface area contributed by atoms with Gasteiger partial charge in [0.25, 0.3) is 5.69 Å². The van der Waals surface area contributed by atoms with Gasteiger partial charge < -0.3 is 5.32 Å². The molecule has 1 aliphatic heterocycles. The van der Waals surface area contributed by atoms with E-state index < -0.39 is 4.92 Å². The lowest BCUT2D eigenvalue weighted by atomic mass is 10.2. The number of nitro benzene ring substituents is 1. The van der Waals surface area contributed by atoms with Crippen molar-refractivity contribution in [2.75, 3.05) is 11.6 Å². The summed E-state index contributed by atoms with van der Waals surface area (Å²) in [6.45, 7) is 0.389. The molecule has 0 aliphatic carbocycles. The normalized spacial score (nSPS) is 18.6. The third kappa shape index (κ3) is 3.21.